The van der Waals surface area contributed by atoms with E-state index >= 15 is 0 Å². The molecule has 2 aliphatic heterocycles. The predicted octanol–water partition coefficient (Wildman–Crippen LogP) is 3.95. The zero-order chi connectivity index (χ0) is 29.2. The van der Waals surface area contributed by atoms with E-state index in [2.05, 4.69) is 25.2 Å². The number of piperidine rings is 1. The lowest BCUT2D eigenvalue weighted by Gasteiger charge is -2.31. The number of aromatic amines is 1. The van der Waals surface area contributed by atoms with E-state index in [1.807, 2.05) is 59.5 Å². The number of fused-ring (bicyclic) bond motifs is 2. The third-order valence-electron chi connectivity index (χ3n) is 7.84. The van der Waals surface area contributed by atoms with Crippen molar-refractivity contribution >= 4 is 52.0 Å². The number of benzene rings is 2. The van der Waals surface area contributed by atoms with Crippen LogP contribution in [0, 0.1) is 5.92 Å². The van der Waals surface area contributed by atoms with Gasteiger partial charge in [0.25, 0.3) is 11.8 Å². The number of carbonyl (C=O) groups is 2. The molecule has 3 aromatic heterocycles. The van der Waals surface area contributed by atoms with Crippen LogP contribution >= 0.6 is 0 Å². The Kier molecular flexibility index (Phi) is 7.25. The molecular weight excluding hydrogens is 546 g/mol. The Labute approximate surface area is 247 Å². The highest BCUT2D eigenvalue weighted by Crippen LogP contribution is 2.25. The molecule has 12 nitrogen and oxygen atoms in total. The molecule has 2 aromatic carbocycles. The average molecular weight is 578 g/mol. The van der Waals surface area contributed by atoms with Gasteiger partial charge in [0.05, 0.1) is 13.2 Å². The van der Waals surface area contributed by atoms with Gasteiger partial charge >= 0.3 is 0 Å². The van der Waals surface area contributed by atoms with Gasteiger partial charge < -0.3 is 24.8 Å². The molecule has 2 fully saturated rings. The molecule has 2 aliphatic rings. The van der Waals surface area contributed by atoms with Crippen molar-refractivity contribution in [2.45, 2.75) is 12.8 Å². The fourth-order valence-electron chi connectivity index (χ4n) is 5.56. The number of anilines is 3. The number of rotatable bonds is 6. The number of carbonyl (C=O) groups excluding carboxylic acids is 2. The minimum atomic E-state index is -0.284. The Morgan fingerprint density at radius 2 is 1.91 bits per heavy atom. The van der Waals surface area contributed by atoms with Crippen molar-refractivity contribution in [3.63, 3.8) is 0 Å². The van der Waals surface area contributed by atoms with Gasteiger partial charge in [-0.15, -0.1) is 5.10 Å². The number of ether oxygens (including phenoxy) is 1. The number of nitrogens with one attached hydrogen (secondary N) is 2. The molecule has 43 heavy (non-hydrogen) atoms. The highest BCUT2D eigenvalue weighted by atomic mass is 16.5. The van der Waals surface area contributed by atoms with Crippen LogP contribution in [0.1, 0.15) is 33.7 Å². The molecule has 0 radical (unpaired) electrons. The molecule has 5 heterocycles. The summed E-state index contributed by atoms with van der Waals surface area (Å²) in [6.07, 6.45) is 7.08. The van der Waals surface area contributed by atoms with Crippen molar-refractivity contribution in [3.8, 4) is 0 Å². The summed E-state index contributed by atoms with van der Waals surface area (Å²) in [5, 5.41) is 9.05. The van der Waals surface area contributed by atoms with E-state index in [1.165, 1.54) is 0 Å². The fourth-order valence-corrected chi connectivity index (χ4v) is 5.56. The summed E-state index contributed by atoms with van der Waals surface area (Å²) in [4.78, 5) is 46.2. The summed E-state index contributed by atoms with van der Waals surface area (Å²) < 4.78 is 7.06. The lowest BCUT2D eigenvalue weighted by molar-refractivity contribution is 0.0303. The van der Waals surface area contributed by atoms with E-state index < -0.39 is 0 Å². The first-order valence-corrected chi connectivity index (χ1v) is 14.5. The maximum Gasteiger partial charge on any atom is 0.293 e. The van der Waals surface area contributed by atoms with Crippen LogP contribution in [0.5, 0.6) is 0 Å². The summed E-state index contributed by atoms with van der Waals surface area (Å²) in [5.74, 6) is 0.922. The lowest BCUT2D eigenvalue weighted by Crippen LogP contribution is -2.40. The third kappa shape index (κ3) is 5.69. The van der Waals surface area contributed by atoms with Gasteiger partial charge in [-0.3, -0.25) is 9.59 Å². The second-order valence-electron chi connectivity index (χ2n) is 10.8. The van der Waals surface area contributed by atoms with Gasteiger partial charge in [-0.05, 0) is 49.2 Å². The quantitative estimate of drug-likeness (QED) is 0.290. The number of morpholine rings is 1. The third-order valence-corrected chi connectivity index (χ3v) is 7.84. The van der Waals surface area contributed by atoms with Crippen LogP contribution in [-0.4, -0.2) is 86.9 Å². The second-order valence-corrected chi connectivity index (χ2v) is 10.8. The summed E-state index contributed by atoms with van der Waals surface area (Å²) in [6.45, 7) is 3.76. The van der Waals surface area contributed by atoms with Gasteiger partial charge in [0, 0.05) is 72.9 Å². The fraction of sp³-hybridized carbons (Fsp3) is 0.290. The first-order valence-electron chi connectivity index (χ1n) is 14.5. The van der Waals surface area contributed by atoms with Gasteiger partial charge in [-0.25, -0.2) is 14.5 Å². The zero-order valence-corrected chi connectivity index (χ0v) is 23.5. The summed E-state index contributed by atoms with van der Waals surface area (Å²) in [5.41, 5.74) is 3.40. The molecule has 2 amide bonds. The number of nitrogens with zero attached hydrogens (tertiary/aromatic N) is 7. The molecule has 0 bridgehead atoms. The number of para-hydroxylation sites is 1. The molecule has 7 rings (SSSR count). The number of hydrogen-bond acceptors (Lipinski definition) is 8. The molecule has 2 N–H and O–H groups in total. The van der Waals surface area contributed by atoms with Crippen molar-refractivity contribution in [3.05, 3.63) is 78.2 Å². The van der Waals surface area contributed by atoms with E-state index in [0.29, 0.717) is 61.5 Å². The van der Waals surface area contributed by atoms with Crippen LogP contribution in [-0.2, 0) is 4.74 Å². The number of aliphatic imine (C=N–C) groups is 1. The molecule has 218 valence electrons. The minimum Gasteiger partial charge on any atom is -0.378 e. The monoisotopic (exact) mass is 577 g/mol. The Hall–Kier alpha value is -5.10. The molecule has 5 aromatic rings. The maximum atomic E-state index is 12.8. The Balaban J connectivity index is 1.06. The number of hydrogen-bond donors (Lipinski definition) is 2. The van der Waals surface area contributed by atoms with Crippen molar-refractivity contribution in [2.24, 2.45) is 10.9 Å². The zero-order valence-electron chi connectivity index (χ0n) is 23.5. The van der Waals surface area contributed by atoms with Crippen molar-refractivity contribution in [1.29, 1.82) is 0 Å². The van der Waals surface area contributed by atoms with Crippen LogP contribution in [0.3, 0.4) is 0 Å². The second kappa shape index (κ2) is 11.6. The van der Waals surface area contributed by atoms with E-state index in [0.717, 1.165) is 36.0 Å². The van der Waals surface area contributed by atoms with Crippen molar-refractivity contribution in [1.82, 2.24) is 29.5 Å². The van der Waals surface area contributed by atoms with Gasteiger partial charge in [0.1, 0.15) is 5.69 Å². The van der Waals surface area contributed by atoms with Crippen LogP contribution in [0.2, 0.25) is 0 Å². The molecule has 2 saturated heterocycles. The van der Waals surface area contributed by atoms with Crippen LogP contribution in [0.25, 0.3) is 16.6 Å². The van der Waals surface area contributed by atoms with E-state index in [1.54, 1.807) is 23.1 Å². The number of imidazole rings is 1. The smallest absolute Gasteiger partial charge is 0.293 e. The van der Waals surface area contributed by atoms with Gasteiger partial charge in [-0.1, -0.05) is 18.2 Å². The first kappa shape index (κ1) is 26.8. The van der Waals surface area contributed by atoms with Gasteiger partial charge in [0.15, 0.2) is 11.5 Å². The lowest BCUT2D eigenvalue weighted by atomic mass is 10.00. The molecule has 1 unspecified atom stereocenters. The molecule has 0 aliphatic carbocycles. The SMILES string of the molecule is O=C(N=CC1CCCN(c2nc(Nc3ccc(C(=O)N4CCOCC4)cc3)c3nccn3n2)C1)c1cc2ccccc2[nH]1. The Morgan fingerprint density at radius 1 is 1.07 bits per heavy atom. The highest BCUT2D eigenvalue weighted by Gasteiger charge is 2.23. The molecule has 1 atom stereocenters. The highest BCUT2D eigenvalue weighted by molar-refractivity contribution is 6.01. The summed E-state index contributed by atoms with van der Waals surface area (Å²) in [6, 6.07) is 17.0. The first-order chi connectivity index (χ1) is 21.1. The summed E-state index contributed by atoms with van der Waals surface area (Å²) in [7, 11) is 0. The predicted molar refractivity (Wildman–Crippen MR) is 163 cm³/mol. The maximum absolute atomic E-state index is 12.8. The van der Waals surface area contributed by atoms with Crippen molar-refractivity contribution in [2.75, 3.05) is 49.6 Å². The molecule has 12 heteroatoms. The van der Waals surface area contributed by atoms with Gasteiger partial charge in [-0.2, -0.15) is 4.98 Å². The largest absolute Gasteiger partial charge is 0.378 e. The van der Waals surface area contributed by atoms with Crippen LogP contribution in [0.4, 0.5) is 17.5 Å². The van der Waals surface area contributed by atoms with E-state index in [-0.39, 0.29) is 17.7 Å². The number of amides is 2. The van der Waals surface area contributed by atoms with Crippen LogP contribution < -0.4 is 10.2 Å². The van der Waals surface area contributed by atoms with E-state index in [4.69, 9.17) is 14.8 Å². The minimum absolute atomic E-state index is 0.000960. The number of H-pyrrole nitrogens is 1. The molecular formula is C31H31N9O3. The average Bonchev–Trinajstić information content (AvgIpc) is 3.72. The standard InChI is InChI=1S/C31H31N9O3/c41-29(26-18-23-5-1-2-6-25(23)35-26)33-19-21-4-3-12-39(20-21)31-36-27(28-32-11-13-40(28)37-31)34-24-9-7-22(8-10-24)30(42)38-14-16-43-17-15-38/h1-2,5-11,13,18-19,21,35H,3-4,12,14-17,20H2,(H,34,36,37). The van der Waals surface area contributed by atoms with Crippen molar-refractivity contribution < 1.29 is 14.3 Å². The Bertz CT molecular complexity index is 1770. The summed E-state index contributed by atoms with van der Waals surface area (Å²) >= 11 is 0. The number of aromatic nitrogens is 5. The van der Waals surface area contributed by atoms with E-state index in [9.17, 15) is 9.59 Å². The van der Waals surface area contributed by atoms with Gasteiger partial charge in [0.2, 0.25) is 5.95 Å². The van der Waals surface area contributed by atoms with Crippen LogP contribution in [0.15, 0.2) is 72.0 Å². The topological polar surface area (TPSA) is 133 Å². The molecule has 0 spiro atoms. The normalized spacial score (nSPS) is 17.6. The Morgan fingerprint density at radius 3 is 2.74 bits per heavy atom. The molecule has 0 saturated carbocycles.